The lowest BCUT2D eigenvalue weighted by Crippen LogP contribution is -2.36. The average Bonchev–Trinajstić information content (AvgIpc) is 3.36. The molecule has 0 spiro atoms. The lowest BCUT2D eigenvalue weighted by molar-refractivity contribution is -0.158. The van der Waals surface area contributed by atoms with Crippen molar-refractivity contribution < 1.29 is 19.2 Å². The SMILES string of the molecule is CC(C)(C)OC(=O)C1CC(CCCCNC(=O)CC2c3ccccc3-c3ccccc32)ON1. The van der Waals surface area contributed by atoms with Gasteiger partial charge in [0.1, 0.15) is 11.6 Å². The zero-order valence-electron chi connectivity index (χ0n) is 19.7. The topological polar surface area (TPSA) is 76.7 Å². The first-order chi connectivity index (χ1) is 15.8. The van der Waals surface area contributed by atoms with Crippen LogP contribution in [-0.2, 0) is 19.2 Å². The second-order valence-corrected chi connectivity index (χ2v) is 9.96. The highest BCUT2D eigenvalue weighted by Gasteiger charge is 2.33. The van der Waals surface area contributed by atoms with E-state index in [1.54, 1.807) is 0 Å². The summed E-state index contributed by atoms with van der Waals surface area (Å²) in [6, 6.07) is 16.3. The minimum atomic E-state index is -0.502. The molecule has 2 N–H and O–H groups in total. The molecule has 0 saturated carbocycles. The Labute approximate surface area is 196 Å². The molecule has 2 aromatic carbocycles. The molecular formula is C27H34N2O4. The summed E-state index contributed by atoms with van der Waals surface area (Å²) in [6.45, 7) is 6.22. The molecule has 2 unspecified atom stereocenters. The maximum atomic E-state index is 12.7. The molecule has 1 aliphatic carbocycles. The van der Waals surface area contributed by atoms with Gasteiger partial charge in [-0.1, -0.05) is 48.5 Å². The highest BCUT2D eigenvalue weighted by Crippen LogP contribution is 2.45. The van der Waals surface area contributed by atoms with Crippen molar-refractivity contribution in [3.05, 3.63) is 59.7 Å². The van der Waals surface area contributed by atoms with Gasteiger partial charge in [0.05, 0.1) is 6.10 Å². The van der Waals surface area contributed by atoms with Crippen molar-refractivity contribution >= 4 is 11.9 Å². The zero-order valence-corrected chi connectivity index (χ0v) is 19.7. The van der Waals surface area contributed by atoms with Crippen LogP contribution in [0.25, 0.3) is 11.1 Å². The van der Waals surface area contributed by atoms with Crippen LogP contribution in [0, 0.1) is 0 Å². The first-order valence-corrected chi connectivity index (χ1v) is 11.9. The highest BCUT2D eigenvalue weighted by atomic mass is 16.7. The number of hydrogen-bond donors (Lipinski definition) is 2. The molecule has 1 aliphatic heterocycles. The minimum Gasteiger partial charge on any atom is -0.459 e. The Hall–Kier alpha value is -2.70. The second-order valence-electron chi connectivity index (χ2n) is 9.96. The number of hydroxylamine groups is 1. The van der Waals surface area contributed by atoms with E-state index in [1.807, 2.05) is 32.9 Å². The third-order valence-corrected chi connectivity index (χ3v) is 6.19. The Kier molecular flexibility index (Phi) is 7.15. The average molecular weight is 451 g/mol. The fraction of sp³-hybridized carbons (Fsp3) is 0.481. The summed E-state index contributed by atoms with van der Waals surface area (Å²) in [4.78, 5) is 30.4. The van der Waals surface area contributed by atoms with Gasteiger partial charge in [-0.25, -0.2) is 0 Å². The standard InChI is InChI=1S/C27H34N2O4/c1-27(2,3)32-26(31)24-16-18(33-29-24)10-8-9-15-28-25(30)17-23-21-13-6-4-11-19(21)20-12-5-7-14-22(20)23/h4-7,11-14,18,23-24,29H,8-10,15-17H2,1-3H3,(H,28,30). The number of nitrogens with one attached hydrogen (secondary N) is 2. The Morgan fingerprint density at radius 1 is 1.03 bits per heavy atom. The molecule has 2 atom stereocenters. The predicted molar refractivity (Wildman–Crippen MR) is 127 cm³/mol. The summed E-state index contributed by atoms with van der Waals surface area (Å²) in [5.74, 6) is -0.0808. The first-order valence-electron chi connectivity index (χ1n) is 11.9. The normalized spacial score (nSPS) is 19.7. The largest absolute Gasteiger partial charge is 0.459 e. The van der Waals surface area contributed by atoms with Crippen LogP contribution < -0.4 is 10.8 Å². The summed E-state index contributed by atoms with van der Waals surface area (Å²) in [6.07, 6.45) is 3.70. The van der Waals surface area contributed by atoms with Crippen LogP contribution in [-0.4, -0.2) is 36.2 Å². The number of rotatable bonds is 8. The molecule has 176 valence electrons. The van der Waals surface area contributed by atoms with E-state index >= 15 is 0 Å². The molecule has 0 aromatic heterocycles. The van der Waals surface area contributed by atoms with Crippen molar-refractivity contribution in [1.82, 2.24) is 10.8 Å². The minimum absolute atomic E-state index is 0.00953. The van der Waals surface area contributed by atoms with Gasteiger partial charge in [0, 0.05) is 25.3 Å². The van der Waals surface area contributed by atoms with Crippen LogP contribution in [0.4, 0.5) is 0 Å². The Balaban J connectivity index is 1.18. The monoisotopic (exact) mass is 450 g/mol. The van der Waals surface area contributed by atoms with Crippen LogP contribution in [0.2, 0.25) is 0 Å². The number of carbonyl (C=O) groups is 2. The molecule has 1 fully saturated rings. The summed E-state index contributed by atoms with van der Waals surface area (Å²) >= 11 is 0. The van der Waals surface area contributed by atoms with E-state index in [2.05, 4.69) is 47.2 Å². The molecule has 1 amide bonds. The number of ether oxygens (including phenoxy) is 1. The van der Waals surface area contributed by atoms with Gasteiger partial charge in [-0.05, 0) is 62.3 Å². The Bertz CT molecular complexity index is 952. The lowest BCUT2D eigenvalue weighted by Gasteiger charge is -2.21. The summed E-state index contributed by atoms with van der Waals surface area (Å²) < 4.78 is 5.41. The van der Waals surface area contributed by atoms with Gasteiger partial charge in [-0.15, -0.1) is 0 Å². The molecule has 1 saturated heterocycles. The lowest BCUT2D eigenvalue weighted by atomic mass is 9.93. The van der Waals surface area contributed by atoms with Crippen LogP contribution >= 0.6 is 0 Å². The number of hydrogen-bond acceptors (Lipinski definition) is 5. The van der Waals surface area contributed by atoms with Crippen molar-refractivity contribution in [1.29, 1.82) is 0 Å². The third-order valence-electron chi connectivity index (χ3n) is 6.19. The summed E-state index contributed by atoms with van der Waals surface area (Å²) in [5.41, 5.74) is 7.24. The van der Waals surface area contributed by atoms with Crippen molar-refractivity contribution in [2.24, 2.45) is 0 Å². The van der Waals surface area contributed by atoms with Crippen molar-refractivity contribution in [3.63, 3.8) is 0 Å². The van der Waals surface area contributed by atoms with Gasteiger partial charge < -0.3 is 10.1 Å². The van der Waals surface area contributed by atoms with E-state index in [0.717, 1.165) is 19.3 Å². The smallest absolute Gasteiger partial charge is 0.326 e. The zero-order chi connectivity index (χ0) is 23.4. The van der Waals surface area contributed by atoms with Gasteiger partial charge in [0.25, 0.3) is 0 Å². The molecule has 6 heteroatoms. The van der Waals surface area contributed by atoms with E-state index in [1.165, 1.54) is 22.3 Å². The van der Waals surface area contributed by atoms with Gasteiger partial charge in [0.2, 0.25) is 5.91 Å². The van der Waals surface area contributed by atoms with Crippen LogP contribution in [0.1, 0.15) is 69.9 Å². The van der Waals surface area contributed by atoms with Gasteiger partial charge in [0.15, 0.2) is 0 Å². The second kappa shape index (κ2) is 10.1. The van der Waals surface area contributed by atoms with Crippen molar-refractivity contribution in [2.45, 2.75) is 76.5 Å². The molecule has 0 bridgehead atoms. The number of fused-ring (bicyclic) bond motifs is 3. The molecular weight excluding hydrogens is 416 g/mol. The van der Waals surface area contributed by atoms with E-state index < -0.39 is 11.6 Å². The molecule has 1 heterocycles. The van der Waals surface area contributed by atoms with Gasteiger partial charge in [-0.2, -0.15) is 5.48 Å². The number of unbranched alkanes of at least 4 members (excludes halogenated alkanes) is 1. The van der Waals surface area contributed by atoms with Gasteiger partial charge >= 0.3 is 5.97 Å². The predicted octanol–water partition coefficient (Wildman–Crippen LogP) is 4.48. The summed E-state index contributed by atoms with van der Waals surface area (Å²) in [5, 5.41) is 3.08. The number of carbonyl (C=O) groups excluding carboxylic acids is 2. The third kappa shape index (κ3) is 5.81. The highest BCUT2D eigenvalue weighted by molar-refractivity contribution is 5.84. The van der Waals surface area contributed by atoms with E-state index in [9.17, 15) is 9.59 Å². The molecule has 0 radical (unpaired) electrons. The molecule has 2 aromatic rings. The number of benzene rings is 2. The molecule has 2 aliphatic rings. The molecule has 4 rings (SSSR count). The quantitative estimate of drug-likeness (QED) is 0.458. The Morgan fingerprint density at radius 3 is 2.30 bits per heavy atom. The maximum Gasteiger partial charge on any atom is 0.326 e. The van der Waals surface area contributed by atoms with Crippen molar-refractivity contribution in [3.8, 4) is 11.1 Å². The van der Waals surface area contributed by atoms with Crippen molar-refractivity contribution in [2.75, 3.05) is 6.54 Å². The molecule has 6 nitrogen and oxygen atoms in total. The fourth-order valence-electron chi connectivity index (χ4n) is 4.69. The number of esters is 1. The first kappa shape index (κ1) is 23.5. The number of amides is 1. The van der Waals surface area contributed by atoms with E-state index in [0.29, 0.717) is 19.4 Å². The Morgan fingerprint density at radius 2 is 1.67 bits per heavy atom. The van der Waals surface area contributed by atoms with E-state index in [-0.39, 0.29) is 23.9 Å². The van der Waals surface area contributed by atoms with Gasteiger partial charge in [-0.3, -0.25) is 14.4 Å². The maximum absolute atomic E-state index is 12.7. The van der Waals surface area contributed by atoms with E-state index in [4.69, 9.17) is 9.57 Å². The molecule has 33 heavy (non-hydrogen) atoms. The van der Waals surface area contributed by atoms with Crippen LogP contribution in [0.3, 0.4) is 0 Å². The summed E-state index contributed by atoms with van der Waals surface area (Å²) in [7, 11) is 0. The van der Waals surface area contributed by atoms with Crippen LogP contribution in [0.15, 0.2) is 48.5 Å². The fourth-order valence-corrected chi connectivity index (χ4v) is 4.69. The van der Waals surface area contributed by atoms with Crippen LogP contribution in [0.5, 0.6) is 0 Å².